The van der Waals surface area contributed by atoms with E-state index in [1.165, 1.54) is 186 Å². The first kappa shape index (κ1) is 72.7. The molecule has 1 amide bonds. The van der Waals surface area contributed by atoms with Crippen molar-refractivity contribution in [3.63, 3.8) is 0 Å². The highest BCUT2D eigenvalue weighted by molar-refractivity contribution is 7.45. The summed E-state index contributed by atoms with van der Waals surface area (Å²) < 4.78 is 23.4. The minimum Gasteiger partial charge on any atom is -0.756 e. The molecule has 0 fully saturated rings. The van der Waals surface area contributed by atoms with Crippen LogP contribution in [-0.2, 0) is 18.4 Å². The molecule has 0 bridgehead atoms. The number of aliphatic hydroxyl groups is 1. The number of amides is 1. The van der Waals surface area contributed by atoms with E-state index in [0.717, 1.165) is 70.6 Å². The van der Waals surface area contributed by atoms with Gasteiger partial charge in [0.25, 0.3) is 7.82 Å². The van der Waals surface area contributed by atoms with Crippen LogP contribution < -0.4 is 10.2 Å². The zero-order chi connectivity index (χ0) is 54.9. The lowest BCUT2D eigenvalue weighted by Gasteiger charge is -2.29. The van der Waals surface area contributed by atoms with Gasteiger partial charge in [-0.1, -0.05) is 279 Å². The lowest BCUT2D eigenvalue weighted by molar-refractivity contribution is -0.870. The highest BCUT2D eigenvalue weighted by Crippen LogP contribution is 2.38. The Balaban J connectivity index is 4.07. The maximum atomic E-state index is 13.0. The molecule has 0 aromatic rings. The van der Waals surface area contributed by atoms with Gasteiger partial charge in [0.05, 0.1) is 39.9 Å². The van der Waals surface area contributed by atoms with Gasteiger partial charge in [-0.15, -0.1) is 0 Å². The maximum absolute atomic E-state index is 13.0. The zero-order valence-electron chi connectivity index (χ0n) is 49.7. The van der Waals surface area contributed by atoms with E-state index < -0.39 is 26.6 Å². The average Bonchev–Trinajstić information content (AvgIpc) is 3.37. The minimum atomic E-state index is -4.61. The van der Waals surface area contributed by atoms with Gasteiger partial charge in [-0.25, -0.2) is 0 Å². The van der Waals surface area contributed by atoms with Crippen molar-refractivity contribution < 1.29 is 32.9 Å². The molecule has 436 valence electrons. The number of unbranched alkanes of at least 4 members (excludes halogenated alkanes) is 32. The number of nitrogens with zero attached hydrogens (tertiary/aromatic N) is 1. The smallest absolute Gasteiger partial charge is 0.268 e. The summed E-state index contributed by atoms with van der Waals surface area (Å²) in [5.41, 5.74) is 0. The second-order valence-electron chi connectivity index (χ2n) is 22.4. The molecule has 0 spiro atoms. The normalized spacial score (nSPS) is 14.4. The molecule has 0 aromatic heterocycles. The first-order chi connectivity index (χ1) is 36.5. The minimum absolute atomic E-state index is 0.00755. The lowest BCUT2D eigenvalue weighted by atomic mass is 10.0. The Morgan fingerprint density at radius 3 is 1.24 bits per heavy atom. The number of rotatable bonds is 57. The molecule has 9 heteroatoms. The van der Waals surface area contributed by atoms with Crippen LogP contribution in [0.15, 0.2) is 85.1 Å². The predicted molar refractivity (Wildman–Crippen MR) is 325 cm³/mol. The van der Waals surface area contributed by atoms with Crippen LogP contribution in [0.3, 0.4) is 0 Å². The lowest BCUT2D eigenvalue weighted by Crippen LogP contribution is -2.45. The van der Waals surface area contributed by atoms with Gasteiger partial charge >= 0.3 is 0 Å². The van der Waals surface area contributed by atoms with Crippen molar-refractivity contribution in [2.45, 2.75) is 289 Å². The number of quaternary nitrogens is 1. The van der Waals surface area contributed by atoms with E-state index in [1.54, 1.807) is 6.08 Å². The molecule has 0 saturated carbocycles. The number of hydrogen-bond donors (Lipinski definition) is 2. The van der Waals surface area contributed by atoms with Crippen molar-refractivity contribution in [2.75, 3.05) is 40.9 Å². The van der Waals surface area contributed by atoms with Crippen molar-refractivity contribution in [1.82, 2.24) is 5.32 Å². The van der Waals surface area contributed by atoms with E-state index in [0.29, 0.717) is 17.4 Å². The fraction of sp³-hybridized carbons (Fsp3) is 0.773. The van der Waals surface area contributed by atoms with Gasteiger partial charge in [0.1, 0.15) is 13.2 Å². The SMILES string of the molecule is CC/C=C\C/C=C\C/C=C\C/C=C\C/C=C\CCCCCCCCCCCCCCCCCCCCCC(=O)NC(COP(=O)([O-])OCC[N+](C)(C)C)C(O)/C=C/CC/C=C/CCCCCCCCCCCCCC. The van der Waals surface area contributed by atoms with E-state index in [1.807, 2.05) is 27.2 Å². The molecule has 0 heterocycles. The molecule has 8 nitrogen and oxygen atoms in total. The third-order valence-corrected chi connectivity index (χ3v) is 14.8. The Kier molecular flexibility index (Phi) is 54.7. The Labute approximate surface area is 465 Å². The molecule has 0 rings (SSSR count). The van der Waals surface area contributed by atoms with Gasteiger partial charge < -0.3 is 28.8 Å². The van der Waals surface area contributed by atoms with Gasteiger partial charge in [0, 0.05) is 6.42 Å². The van der Waals surface area contributed by atoms with Gasteiger partial charge in [0.15, 0.2) is 0 Å². The first-order valence-electron chi connectivity index (χ1n) is 31.4. The molecule has 0 aliphatic rings. The molecule has 3 unspecified atom stereocenters. The molecule has 75 heavy (non-hydrogen) atoms. The van der Waals surface area contributed by atoms with Crippen LogP contribution in [0.25, 0.3) is 0 Å². The summed E-state index contributed by atoms with van der Waals surface area (Å²) in [5.74, 6) is -0.206. The number of allylic oxidation sites excluding steroid dienone is 13. The second-order valence-corrected chi connectivity index (χ2v) is 23.8. The predicted octanol–water partition coefficient (Wildman–Crippen LogP) is 19.0. The van der Waals surface area contributed by atoms with Crippen molar-refractivity contribution >= 4 is 13.7 Å². The highest BCUT2D eigenvalue weighted by Gasteiger charge is 2.23. The van der Waals surface area contributed by atoms with E-state index >= 15 is 0 Å². The number of nitrogens with one attached hydrogen (secondary N) is 1. The molecule has 2 N–H and O–H groups in total. The number of phosphoric acid groups is 1. The third kappa shape index (κ3) is 59.2. The van der Waals surface area contributed by atoms with Crippen molar-refractivity contribution in [3.05, 3.63) is 85.1 Å². The fourth-order valence-corrected chi connectivity index (χ4v) is 9.69. The monoisotopic (exact) mass is 1070 g/mol. The average molecular weight is 1070 g/mol. The maximum Gasteiger partial charge on any atom is 0.268 e. The second kappa shape index (κ2) is 56.4. The third-order valence-electron chi connectivity index (χ3n) is 13.8. The first-order valence-corrected chi connectivity index (χ1v) is 32.9. The van der Waals surface area contributed by atoms with Crippen LogP contribution in [0.5, 0.6) is 0 Å². The van der Waals surface area contributed by atoms with E-state index in [-0.39, 0.29) is 12.5 Å². The number of likely N-dealkylation sites (N-methyl/N-ethyl adjacent to an activating group) is 1. The van der Waals surface area contributed by atoms with Gasteiger partial charge in [0.2, 0.25) is 5.91 Å². The summed E-state index contributed by atoms with van der Waals surface area (Å²) in [6, 6.07) is -0.906. The fourth-order valence-electron chi connectivity index (χ4n) is 8.96. The summed E-state index contributed by atoms with van der Waals surface area (Å²) in [6.07, 6.45) is 79.7. The quantitative estimate of drug-likeness (QED) is 0.0272. The Bertz CT molecular complexity index is 1500. The van der Waals surface area contributed by atoms with Crippen LogP contribution in [0, 0.1) is 0 Å². The van der Waals surface area contributed by atoms with Crippen LogP contribution in [0.4, 0.5) is 0 Å². The van der Waals surface area contributed by atoms with Crippen LogP contribution in [0.1, 0.15) is 277 Å². The number of hydrogen-bond acceptors (Lipinski definition) is 6. The largest absolute Gasteiger partial charge is 0.756 e. The van der Waals surface area contributed by atoms with Crippen molar-refractivity contribution in [3.8, 4) is 0 Å². The highest BCUT2D eigenvalue weighted by atomic mass is 31.2. The van der Waals surface area contributed by atoms with Gasteiger partial charge in [-0.05, 0) is 77.0 Å². The van der Waals surface area contributed by atoms with Crippen LogP contribution in [0.2, 0.25) is 0 Å². The van der Waals surface area contributed by atoms with E-state index in [2.05, 4.69) is 92.1 Å². The van der Waals surface area contributed by atoms with E-state index in [9.17, 15) is 19.4 Å². The van der Waals surface area contributed by atoms with Crippen LogP contribution >= 0.6 is 7.82 Å². The summed E-state index contributed by atoms with van der Waals surface area (Å²) >= 11 is 0. The van der Waals surface area contributed by atoms with Crippen LogP contribution in [-0.4, -0.2) is 68.5 Å². The Morgan fingerprint density at radius 2 is 0.827 bits per heavy atom. The topological polar surface area (TPSA) is 108 Å². The molecule has 0 aromatic carbocycles. The van der Waals surface area contributed by atoms with E-state index in [4.69, 9.17) is 9.05 Å². The summed E-state index contributed by atoms with van der Waals surface area (Å²) in [7, 11) is 1.25. The molecule has 0 radical (unpaired) electrons. The van der Waals surface area contributed by atoms with Gasteiger partial charge in [-0.2, -0.15) is 0 Å². The summed E-state index contributed by atoms with van der Waals surface area (Å²) in [6.45, 7) is 4.53. The zero-order valence-corrected chi connectivity index (χ0v) is 50.6. The molecular formula is C66H121N2O6P. The molecule has 0 aliphatic heterocycles. The molecule has 0 aliphatic carbocycles. The van der Waals surface area contributed by atoms with Gasteiger partial charge in [-0.3, -0.25) is 9.36 Å². The van der Waals surface area contributed by atoms with Crippen molar-refractivity contribution in [2.24, 2.45) is 0 Å². The number of aliphatic hydroxyl groups excluding tert-OH is 1. The number of phosphoric ester groups is 1. The Hall–Kier alpha value is -2.32. The Morgan fingerprint density at radius 1 is 0.480 bits per heavy atom. The van der Waals surface area contributed by atoms with Crippen molar-refractivity contribution in [1.29, 1.82) is 0 Å². The number of carbonyl (C=O) groups excluding carboxylic acids is 1. The molecule has 0 saturated heterocycles. The number of carbonyl (C=O) groups is 1. The standard InChI is InChI=1S/C66H121N2O6P/c1-6-8-10-12-14-16-18-20-22-24-26-27-28-29-30-31-32-33-34-35-36-37-38-39-40-41-42-44-46-48-50-52-54-56-58-60-66(70)67-64(63-74-75(71,72)73-62-61-68(3,4)5)65(69)59-57-55-53-51-49-47-45-43-25-23-21-19-17-15-13-11-9-7-2/h8,10,14,16,20,22,26-27,29-30,49,51,57,59,64-65,69H,6-7,9,11-13,15,17-19,21,23-25,28,31-48,50,52-56,58,60-63H2,1-5H3,(H-,67,70,71,72)/b10-8-,16-14-,22-20-,27-26-,30-29-,51-49+,59-57+. The summed E-state index contributed by atoms with van der Waals surface area (Å²) in [5, 5.41) is 13.9. The molecule has 3 atom stereocenters. The summed E-state index contributed by atoms with van der Waals surface area (Å²) in [4.78, 5) is 25.5. The molecular weight excluding hydrogens is 948 g/mol.